The van der Waals surface area contributed by atoms with Crippen molar-refractivity contribution < 1.29 is 14.3 Å². The largest absolute Gasteiger partial charge is 0.483 e. The fourth-order valence-electron chi connectivity index (χ4n) is 1.87. The minimum absolute atomic E-state index is 0.00929. The summed E-state index contributed by atoms with van der Waals surface area (Å²) in [5.74, 6) is 0.655. The number of ether oxygens (including phenoxy) is 2. The van der Waals surface area contributed by atoms with Gasteiger partial charge >= 0.3 is 0 Å². The lowest BCUT2D eigenvalue weighted by Crippen LogP contribution is -2.46. The van der Waals surface area contributed by atoms with Gasteiger partial charge < -0.3 is 14.4 Å². The van der Waals surface area contributed by atoms with Crippen molar-refractivity contribution in [3.05, 3.63) is 27.1 Å². The number of halogens is 2. The van der Waals surface area contributed by atoms with Gasteiger partial charge in [-0.3, -0.25) is 4.79 Å². The van der Waals surface area contributed by atoms with E-state index < -0.39 is 0 Å². The Hall–Kier alpha value is -0.590. The van der Waals surface area contributed by atoms with Gasteiger partial charge in [-0.1, -0.05) is 15.9 Å². The molecule has 2 rings (SSSR count). The molecule has 1 atom stereocenters. The molecule has 19 heavy (non-hydrogen) atoms. The maximum Gasteiger partial charge on any atom is 0.260 e. The molecule has 0 aliphatic carbocycles. The van der Waals surface area contributed by atoms with Crippen molar-refractivity contribution in [2.75, 3.05) is 26.3 Å². The predicted octanol–water partition coefficient (Wildman–Crippen LogP) is 2.84. The highest BCUT2D eigenvalue weighted by Crippen LogP contribution is 2.28. The normalized spacial score (nSPS) is 19.3. The van der Waals surface area contributed by atoms with Gasteiger partial charge in [0.1, 0.15) is 5.75 Å². The molecule has 1 aromatic carbocycles. The number of amides is 1. The molecule has 0 aromatic heterocycles. The fourth-order valence-corrected chi connectivity index (χ4v) is 3.03. The molecule has 1 fully saturated rings. The molecule has 6 heteroatoms. The molecule has 104 valence electrons. The smallest absolute Gasteiger partial charge is 0.260 e. The Morgan fingerprint density at radius 3 is 3.00 bits per heavy atom. The lowest BCUT2D eigenvalue weighted by atomic mass is 10.3. The van der Waals surface area contributed by atoms with E-state index in [0.29, 0.717) is 25.4 Å². The first kappa shape index (κ1) is 14.8. The van der Waals surface area contributed by atoms with E-state index in [2.05, 4.69) is 31.9 Å². The lowest BCUT2D eigenvalue weighted by Gasteiger charge is -2.31. The summed E-state index contributed by atoms with van der Waals surface area (Å²) in [5, 5.41) is 0. The maximum atomic E-state index is 12.0. The Bertz CT molecular complexity index is 467. The van der Waals surface area contributed by atoms with Crippen LogP contribution >= 0.6 is 31.9 Å². The molecule has 4 nitrogen and oxygen atoms in total. The molecule has 1 saturated heterocycles. The number of hydrogen-bond donors (Lipinski definition) is 0. The molecule has 1 aliphatic rings. The summed E-state index contributed by atoms with van der Waals surface area (Å²) >= 11 is 6.77. The van der Waals surface area contributed by atoms with Gasteiger partial charge in [0.25, 0.3) is 5.91 Å². The van der Waals surface area contributed by atoms with Crippen molar-refractivity contribution in [1.82, 2.24) is 4.90 Å². The molecule has 0 radical (unpaired) electrons. The molecule has 1 aromatic rings. The average molecular weight is 393 g/mol. The van der Waals surface area contributed by atoms with Crippen LogP contribution in [-0.2, 0) is 9.53 Å². The second-order valence-electron chi connectivity index (χ2n) is 4.38. The van der Waals surface area contributed by atoms with Crippen molar-refractivity contribution >= 4 is 37.8 Å². The molecule has 0 bridgehead atoms. The van der Waals surface area contributed by atoms with E-state index in [1.807, 2.05) is 25.1 Å². The molecule has 1 unspecified atom stereocenters. The summed E-state index contributed by atoms with van der Waals surface area (Å²) < 4.78 is 12.7. The Kier molecular flexibility index (Phi) is 5.24. The van der Waals surface area contributed by atoms with Crippen LogP contribution in [0, 0.1) is 0 Å². The number of nitrogens with zero attached hydrogens (tertiary/aromatic N) is 1. The summed E-state index contributed by atoms with van der Waals surface area (Å²) in [6.07, 6.45) is 0.0946. The SMILES string of the molecule is CC1CN(C(=O)COc2ccc(Br)cc2Br)CCO1. The second-order valence-corrected chi connectivity index (χ2v) is 6.15. The van der Waals surface area contributed by atoms with E-state index in [9.17, 15) is 4.79 Å². The van der Waals surface area contributed by atoms with Crippen LogP contribution in [0.1, 0.15) is 6.92 Å². The number of benzene rings is 1. The fraction of sp³-hybridized carbons (Fsp3) is 0.462. The number of rotatable bonds is 3. The van der Waals surface area contributed by atoms with E-state index in [-0.39, 0.29) is 18.6 Å². The van der Waals surface area contributed by atoms with E-state index in [4.69, 9.17) is 9.47 Å². The van der Waals surface area contributed by atoms with Gasteiger partial charge in [0.15, 0.2) is 6.61 Å². The summed E-state index contributed by atoms with van der Waals surface area (Å²) in [5.41, 5.74) is 0. The van der Waals surface area contributed by atoms with Crippen molar-refractivity contribution in [2.45, 2.75) is 13.0 Å². The molecule has 1 amide bonds. The lowest BCUT2D eigenvalue weighted by molar-refractivity contribution is -0.140. The minimum Gasteiger partial charge on any atom is -0.483 e. The van der Waals surface area contributed by atoms with Crippen LogP contribution in [0.25, 0.3) is 0 Å². The number of carbonyl (C=O) groups is 1. The van der Waals surface area contributed by atoms with Crippen LogP contribution in [-0.4, -0.2) is 43.2 Å². The van der Waals surface area contributed by atoms with Crippen LogP contribution in [0.5, 0.6) is 5.75 Å². The molecule has 0 saturated carbocycles. The highest BCUT2D eigenvalue weighted by molar-refractivity contribution is 9.11. The second kappa shape index (κ2) is 6.72. The Morgan fingerprint density at radius 1 is 1.53 bits per heavy atom. The van der Waals surface area contributed by atoms with Crippen molar-refractivity contribution in [3.8, 4) is 5.75 Å². The first-order chi connectivity index (χ1) is 9.06. The highest BCUT2D eigenvalue weighted by Gasteiger charge is 2.21. The van der Waals surface area contributed by atoms with E-state index in [0.717, 1.165) is 8.95 Å². The van der Waals surface area contributed by atoms with Crippen molar-refractivity contribution in [1.29, 1.82) is 0 Å². The Morgan fingerprint density at radius 2 is 2.32 bits per heavy atom. The van der Waals surface area contributed by atoms with Crippen LogP contribution in [0.4, 0.5) is 0 Å². The predicted molar refractivity (Wildman–Crippen MR) is 79.3 cm³/mol. The quantitative estimate of drug-likeness (QED) is 0.793. The van der Waals surface area contributed by atoms with E-state index in [1.54, 1.807) is 4.90 Å². The maximum absolute atomic E-state index is 12.0. The van der Waals surface area contributed by atoms with Gasteiger partial charge in [-0.25, -0.2) is 0 Å². The molecule has 0 N–H and O–H groups in total. The summed E-state index contributed by atoms with van der Waals surface area (Å²) in [6.45, 7) is 3.87. The third-order valence-corrected chi connectivity index (χ3v) is 3.95. The number of hydrogen-bond acceptors (Lipinski definition) is 3. The van der Waals surface area contributed by atoms with Gasteiger partial charge in [-0.05, 0) is 41.1 Å². The summed E-state index contributed by atoms with van der Waals surface area (Å²) in [7, 11) is 0. The summed E-state index contributed by atoms with van der Waals surface area (Å²) in [4.78, 5) is 13.8. The molecule has 1 heterocycles. The minimum atomic E-state index is -0.00929. The van der Waals surface area contributed by atoms with Gasteiger partial charge in [0.05, 0.1) is 17.2 Å². The van der Waals surface area contributed by atoms with Crippen LogP contribution in [0.3, 0.4) is 0 Å². The Labute approximate surface area is 129 Å². The topological polar surface area (TPSA) is 38.8 Å². The summed E-state index contributed by atoms with van der Waals surface area (Å²) in [6, 6.07) is 5.58. The third kappa shape index (κ3) is 4.19. The Balaban J connectivity index is 1.89. The van der Waals surface area contributed by atoms with E-state index >= 15 is 0 Å². The number of carbonyl (C=O) groups excluding carboxylic acids is 1. The molecular weight excluding hydrogens is 378 g/mol. The zero-order valence-corrected chi connectivity index (χ0v) is 13.7. The molecule has 0 spiro atoms. The van der Waals surface area contributed by atoms with Gasteiger partial charge in [-0.2, -0.15) is 0 Å². The van der Waals surface area contributed by atoms with Crippen LogP contribution < -0.4 is 4.74 Å². The standard InChI is InChI=1S/C13H15Br2NO3/c1-9-7-16(4-5-18-9)13(17)8-19-12-3-2-10(14)6-11(12)15/h2-3,6,9H,4-5,7-8H2,1H3. The van der Waals surface area contributed by atoms with Crippen LogP contribution in [0.15, 0.2) is 27.1 Å². The molecular formula is C13H15Br2NO3. The van der Waals surface area contributed by atoms with Crippen molar-refractivity contribution in [2.24, 2.45) is 0 Å². The average Bonchev–Trinajstić information content (AvgIpc) is 2.37. The number of morpholine rings is 1. The zero-order chi connectivity index (χ0) is 13.8. The van der Waals surface area contributed by atoms with Crippen LogP contribution in [0.2, 0.25) is 0 Å². The first-order valence-corrected chi connectivity index (χ1v) is 7.62. The first-order valence-electron chi connectivity index (χ1n) is 6.03. The van der Waals surface area contributed by atoms with Gasteiger partial charge in [0.2, 0.25) is 0 Å². The zero-order valence-electron chi connectivity index (χ0n) is 10.6. The third-order valence-electron chi connectivity index (χ3n) is 2.84. The van der Waals surface area contributed by atoms with Gasteiger partial charge in [0, 0.05) is 17.6 Å². The van der Waals surface area contributed by atoms with Gasteiger partial charge in [-0.15, -0.1) is 0 Å². The highest BCUT2D eigenvalue weighted by atomic mass is 79.9. The monoisotopic (exact) mass is 391 g/mol. The van der Waals surface area contributed by atoms with Crippen molar-refractivity contribution in [3.63, 3.8) is 0 Å². The molecule has 1 aliphatic heterocycles. The van der Waals surface area contributed by atoms with E-state index in [1.165, 1.54) is 0 Å².